The van der Waals surface area contributed by atoms with Gasteiger partial charge in [-0.25, -0.2) is 0 Å². The van der Waals surface area contributed by atoms with Crippen molar-refractivity contribution in [2.75, 3.05) is 6.61 Å². The molecule has 0 radical (unpaired) electrons. The topological polar surface area (TPSA) is 66.8 Å². The summed E-state index contributed by atoms with van der Waals surface area (Å²) in [4.78, 5) is 10.4. The Bertz CT molecular complexity index is 326. The molecule has 4 atom stereocenters. The molecular formula is C15H24O4. The molecule has 19 heavy (non-hydrogen) atoms. The van der Waals surface area contributed by atoms with Crippen molar-refractivity contribution in [2.24, 2.45) is 11.8 Å². The molecule has 0 amide bonds. The van der Waals surface area contributed by atoms with Gasteiger partial charge in [-0.3, -0.25) is 4.79 Å². The van der Waals surface area contributed by atoms with E-state index in [1.54, 1.807) is 0 Å². The van der Waals surface area contributed by atoms with Gasteiger partial charge in [0.1, 0.15) is 0 Å². The second kappa shape index (κ2) is 7.06. The molecule has 2 aliphatic heterocycles. The van der Waals surface area contributed by atoms with Crippen LogP contribution < -0.4 is 0 Å². The van der Waals surface area contributed by atoms with Crippen molar-refractivity contribution in [2.45, 2.75) is 57.2 Å². The molecule has 2 heterocycles. The third-order valence-electron chi connectivity index (χ3n) is 4.39. The predicted molar refractivity (Wildman–Crippen MR) is 71.8 cm³/mol. The molecule has 0 unspecified atom stereocenters. The van der Waals surface area contributed by atoms with Crippen molar-refractivity contribution in [1.82, 2.24) is 0 Å². The van der Waals surface area contributed by atoms with Crippen LogP contribution in [-0.4, -0.2) is 35.0 Å². The molecule has 2 rings (SSSR count). The van der Waals surface area contributed by atoms with Crippen LogP contribution in [0.1, 0.15) is 44.9 Å². The first-order valence-electron chi connectivity index (χ1n) is 7.35. The van der Waals surface area contributed by atoms with E-state index >= 15 is 0 Å². The average molecular weight is 268 g/mol. The minimum Gasteiger partial charge on any atom is -0.481 e. The first-order chi connectivity index (χ1) is 9.22. The number of aliphatic hydroxyl groups is 1. The fourth-order valence-electron chi connectivity index (χ4n) is 3.49. The first kappa shape index (κ1) is 14.5. The number of fused-ring (bicyclic) bond motifs is 2. The molecule has 4 nitrogen and oxygen atoms in total. The van der Waals surface area contributed by atoms with Crippen molar-refractivity contribution in [3.8, 4) is 0 Å². The van der Waals surface area contributed by atoms with Crippen molar-refractivity contribution in [1.29, 1.82) is 0 Å². The Morgan fingerprint density at radius 1 is 1.21 bits per heavy atom. The summed E-state index contributed by atoms with van der Waals surface area (Å²) in [5.74, 6) is 0.326. The summed E-state index contributed by atoms with van der Waals surface area (Å²) in [5, 5.41) is 17.7. The molecule has 0 aromatic carbocycles. The highest BCUT2D eigenvalue weighted by Crippen LogP contribution is 2.46. The van der Waals surface area contributed by atoms with Gasteiger partial charge in [0, 0.05) is 13.0 Å². The summed E-state index contributed by atoms with van der Waals surface area (Å²) in [5.41, 5.74) is 0. The van der Waals surface area contributed by atoms with E-state index in [0.717, 1.165) is 32.1 Å². The number of aliphatic hydroxyl groups excluding tert-OH is 1. The highest BCUT2D eigenvalue weighted by atomic mass is 16.5. The fourth-order valence-corrected chi connectivity index (χ4v) is 3.49. The van der Waals surface area contributed by atoms with Crippen molar-refractivity contribution in [3.05, 3.63) is 12.2 Å². The van der Waals surface area contributed by atoms with Gasteiger partial charge < -0.3 is 14.9 Å². The minimum absolute atomic E-state index is 0.245. The molecule has 0 aromatic rings. The standard InChI is InChI=1S/C15H24O4/c16-10-9-12-11(13-7-8-14(12)19-13)5-3-1-2-4-6-15(17)18/h1,3,11-14,16H,2,4-10H2,(H,17,18)/b3-1-/t11-,12-,13-,14+/m1/s1. The van der Waals surface area contributed by atoms with Crippen LogP contribution in [0.2, 0.25) is 0 Å². The average Bonchev–Trinajstić information content (AvgIpc) is 2.95. The number of hydrogen-bond donors (Lipinski definition) is 2. The normalized spacial score (nSPS) is 33.3. The van der Waals surface area contributed by atoms with Gasteiger partial charge in [-0.05, 0) is 50.4 Å². The van der Waals surface area contributed by atoms with E-state index in [4.69, 9.17) is 14.9 Å². The second-order valence-electron chi connectivity index (χ2n) is 5.62. The van der Waals surface area contributed by atoms with Crippen LogP contribution in [0.5, 0.6) is 0 Å². The van der Waals surface area contributed by atoms with Gasteiger partial charge in [0.05, 0.1) is 12.2 Å². The molecule has 108 valence electrons. The molecule has 2 fully saturated rings. The van der Waals surface area contributed by atoms with E-state index in [2.05, 4.69) is 12.2 Å². The third kappa shape index (κ3) is 3.80. The molecule has 0 aromatic heterocycles. The van der Waals surface area contributed by atoms with Crippen LogP contribution in [0.4, 0.5) is 0 Å². The molecule has 2 N–H and O–H groups in total. The summed E-state index contributed by atoms with van der Waals surface area (Å²) in [6.45, 7) is 0.246. The summed E-state index contributed by atoms with van der Waals surface area (Å²) >= 11 is 0. The highest BCUT2D eigenvalue weighted by molar-refractivity contribution is 5.66. The van der Waals surface area contributed by atoms with E-state index in [9.17, 15) is 4.79 Å². The Labute approximate surface area is 114 Å². The van der Waals surface area contributed by atoms with Gasteiger partial charge in [0.15, 0.2) is 0 Å². The van der Waals surface area contributed by atoms with Crippen LogP contribution in [0.25, 0.3) is 0 Å². The number of unbranched alkanes of at least 4 members (excludes halogenated alkanes) is 1. The Kier molecular flexibility index (Phi) is 5.40. The Balaban J connectivity index is 1.72. The van der Waals surface area contributed by atoms with Crippen LogP contribution in [0.3, 0.4) is 0 Å². The van der Waals surface area contributed by atoms with Crippen molar-refractivity contribution < 1.29 is 19.7 Å². The van der Waals surface area contributed by atoms with Gasteiger partial charge in [-0.2, -0.15) is 0 Å². The van der Waals surface area contributed by atoms with Crippen LogP contribution in [-0.2, 0) is 9.53 Å². The second-order valence-corrected chi connectivity index (χ2v) is 5.62. The highest BCUT2D eigenvalue weighted by Gasteiger charge is 2.47. The largest absolute Gasteiger partial charge is 0.481 e. The fraction of sp³-hybridized carbons (Fsp3) is 0.800. The maximum Gasteiger partial charge on any atom is 0.303 e. The lowest BCUT2D eigenvalue weighted by molar-refractivity contribution is -0.137. The third-order valence-corrected chi connectivity index (χ3v) is 4.39. The molecule has 2 bridgehead atoms. The predicted octanol–water partition coefficient (Wildman–Crippen LogP) is 2.36. The molecule has 2 aliphatic rings. The Morgan fingerprint density at radius 2 is 1.95 bits per heavy atom. The van der Waals surface area contributed by atoms with Gasteiger partial charge in [-0.15, -0.1) is 0 Å². The Hall–Kier alpha value is -0.870. The van der Waals surface area contributed by atoms with E-state index in [-0.39, 0.29) is 13.0 Å². The SMILES string of the molecule is O=C(O)CCC/C=C\C[C@@H]1[C@@H](CCO)[C@@H]2CC[C@H]1O2. The summed E-state index contributed by atoms with van der Waals surface area (Å²) < 4.78 is 5.94. The zero-order chi connectivity index (χ0) is 13.7. The smallest absolute Gasteiger partial charge is 0.303 e. The Morgan fingerprint density at radius 3 is 2.63 bits per heavy atom. The zero-order valence-electron chi connectivity index (χ0n) is 11.3. The molecule has 4 heteroatoms. The molecule has 0 saturated carbocycles. The van der Waals surface area contributed by atoms with Gasteiger partial charge in [-0.1, -0.05) is 12.2 Å². The summed E-state index contributed by atoms with van der Waals surface area (Å²) in [6.07, 6.45) is 10.9. The van der Waals surface area contributed by atoms with E-state index < -0.39 is 5.97 Å². The number of rotatable bonds is 8. The first-order valence-corrected chi connectivity index (χ1v) is 7.35. The molecule has 0 spiro atoms. The molecule has 0 aliphatic carbocycles. The van der Waals surface area contributed by atoms with Crippen LogP contribution in [0, 0.1) is 11.8 Å². The van der Waals surface area contributed by atoms with Gasteiger partial charge in [0.2, 0.25) is 0 Å². The van der Waals surface area contributed by atoms with Crippen LogP contribution >= 0.6 is 0 Å². The molecule has 2 saturated heterocycles. The van der Waals surface area contributed by atoms with Crippen molar-refractivity contribution >= 4 is 5.97 Å². The lowest BCUT2D eigenvalue weighted by Crippen LogP contribution is -2.27. The number of ether oxygens (including phenoxy) is 1. The number of carboxylic acids is 1. The monoisotopic (exact) mass is 268 g/mol. The number of carboxylic acid groups (broad SMARTS) is 1. The summed E-state index contributed by atoms with van der Waals surface area (Å²) in [6, 6.07) is 0. The van der Waals surface area contributed by atoms with Gasteiger partial charge in [0.25, 0.3) is 0 Å². The number of allylic oxidation sites excluding steroid dienone is 2. The maximum atomic E-state index is 10.4. The van der Waals surface area contributed by atoms with Crippen LogP contribution in [0.15, 0.2) is 12.2 Å². The van der Waals surface area contributed by atoms with E-state index in [0.29, 0.717) is 30.5 Å². The summed E-state index contributed by atoms with van der Waals surface area (Å²) in [7, 11) is 0. The number of carbonyl (C=O) groups is 1. The van der Waals surface area contributed by atoms with Crippen molar-refractivity contribution in [3.63, 3.8) is 0 Å². The molecular weight excluding hydrogens is 244 g/mol. The zero-order valence-corrected chi connectivity index (χ0v) is 11.3. The quantitative estimate of drug-likeness (QED) is 0.524. The minimum atomic E-state index is -0.724. The number of aliphatic carboxylic acids is 1. The number of hydrogen-bond acceptors (Lipinski definition) is 3. The van der Waals surface area contributed by atoms with E-state index in [1.165, 1.54) is 0 Å². The lowest BCUT2D eigenvalue weighted by atomic mass is 9.76. The van der Waals surface area contributed by atoms with Gasteiger partial charge >= 0.3 is 5.97 Å². The maximum absolute atomic E-state index is 10.4. The van der Waals surface area contributed by atoms with E-state index in [1.807, 2.05) is 0 Å². The lowest BCUT2D eigenvalue weighted by Gasteiger charge is -2.26.